The smallest absolute Gasteiger partial charge is 0.254 e. The van der Waals surface area contributed by atoms with Gasteiger partial charge >= 0.3 is 0 Å². The summed E-state index contributed by atoms with van der Waals surface area (Å²) in [6, 6.07) is 5.04. The molecule has 30 heavy (non-hydrogen) atoms. The zero-order valence-corrected chi connectivity index (χ0v) is 17.4. The van der Waals surface area contributed by atoms with Crippen molar-refractivity contribution in [2.45, 2.75) is 38.1 Å². The second-order valence-electron chi connectivity index (χ2n) is 7.97. The molecule has 1 N–H and O–H groups in total. The van der Waals surface area contributed by atoms with Crippen molar-refractivity contribution in [3.8, 4) is 0 Å². The van der Waals surface area contributed by atoms with E-state index in [4.69, 9.17) is 4.74 Å². The molecular weight excluding hydrogens is 389 g/mol. The third-order valence-corrected chi connectivity index (χ3v) is 5.97. The van der Waals surface area contributed by atoms with Crippen LogP contribution in [0.2, 0.25) is 0 Å². The molecule has 2 fully saturated rings. The van der Waals surface area contributed by atoms with Gasteiger partial charge in [-0.15, -0.1) is 0 Å². The molecule has 1 aromatic rings. The number of likely N-dealkylation sites (tertiary alicyclic amines) is 2. The minimum Gasteiger partial charge on any atom is -0.375 e. The van der Waals surface area contributed by atoms with E-state index < -0.39 is 17.8 Å². The second kappa shape index (κ2) is 10.5. The van der Waals surface area contributed by atoms with Gasteiger partial charge in [-0.2, -0.15) is 0 Å². The van der Waals surface area contributed by atoms with Crippen LogP contribution in [0.15, 0.2) is 24.3 Å². The molecule has 1 unspecified atom stereocenters. The first-order valence-electron chi connectivity index (χ1n) is 10.6. The molecule has 1 aromatic carbocycles. The fourth-order valence-electron chi connectivity index (χ4n) is 4.25. The number of halogens is 1. The number of nitrogens with zero attached hydrogens (tertiary/aromatic N) is 2. The highest BCUT2D eigenvalue weighted by Crippen LogP contribution is 2.24. The van der Waals surface area contributed by atoms with Crippen molar-refractivity contribution in [1.29, 1.82) is 0 Å². The maximum atomic E-state index is 14.1. The van der Waals surface area contributed by atoms with Crippen LogP contribution >= 0.6 is 0 Å². The minimum atomic E-state index is -0.727. The molecule has 0 aromatic heterocycles. The Bertz CT molecular complexity index is 759. The van der Waals surface area contributed by atoms with Gasteiger partial charge in [0.1, 0.15) is 18.5 Å². The Morgan fingerprint density at radius 2 is 1.73 bits per heavy atom. The fourth-order valence-corrected chi connectivity index (χ4v) is 4.25. The van der Waals surface area contributed by atoms with Crippen molar-refractivity contribution in [3.05, 3.63) is 35.6 Å². The fraction of sp³-hybridized carbons (Fsp3) is 0.591. The standard InChI is InChI=1S/C22H30FN3O4/c1-30-15-19(27)25-13-9-16(10-14-25)20(22(29)26-11-5-2-6-12-26)24-21(28)17-7-3-4-8-18(17)23/h3-4,7-8,16,20H,2,5-6,9-15H2,1H3,(H,24,28). The summed E-state index contributed by atoms with van der Waals surface area (Å²) in [7, 11) is 1.48. The summed E-state index contributed by atoms with van der Waals surface area (Å²) in [5, 5.41) is 2.81. The number of nitrogens with one attached hydrogen (secondary N) is 1. The largest absolute Gasteiger partial charge is 0.375 e. The van der Waals surface area contributed by atoms with Crippen LogP contribution in [0.5, 0.6) is 0 Å². The first kappa shape index (κ1) is 22.2. The van der Waals surface area contributed by atoms with E-state index in [0.717, 1.165) is 19.3 Å². The summed E-state index contributed by atoms with van der Waals surface area (Å²) in [6.07, 6.45) is 4.18. The van der Waals surface area contributed by atoms with E-state index in [-0.39, 0.29) is 29.9 Å². The lowest BCUT2D eigenvalue weighted by molar-refractivity contribution is -0.138. The van der Waals surface area contributed by atoms with Crippen LogP contribution in [0.25, 0.3) is 0 Å². The molecule has 3 amide bonds. The molecule has 1 atom stereocenters. The summed E-state index contributed by atoms with van der Waals surface area (Å²) in [5.74, 6) is -1.49. The number of piperidine rings is 2. The lowest BCUT2D eigenvalue weighted by atomic mass is 9.87. The highest BCUT2D eigenvalue weighted by Gasteiger charge is 2.36. The maximum absolute atomic E-state index is 14.1. The van der Waals surface area contributed by atoms with Crippen molar-refractivity contribution in [3.63, 3.8) is 0 Å². The predicted octanol–water partition coefficient (Wildman–Crippen LogP) is 1.82. The molecule has 0 aliphatic carbocycles. The molecular formula is C22H30FN3O4. The summed E-state index contributed by atoms with van der Waals surface area (Å²) in [5.41, 5.74) is -0.0679. The van der Waals surface area contributed by atoms with E-state index in [1.807, 2.05) is 0 Å². The highest BCUT2D eigenvalue weighted by molar-refractivity contribution is 5.97. The summed E-state index contributed by atoms with van der Waals surface area (Å²) < 4.78 is 19.0. The number of rotatable bonds is 6. The van der Waals surface area contributed by atoms with Crippen LogP contribution in [-0.2, 0) is 14.3 Å². The Labute approximate surface area is 176 Å². The molecule has 8 heteroatoms. The van der Waals surface area contributed by atoms with Gasteiger partial charge in [0, 0.05) is 33.3 Å². The van der Waals surface area contributed by atoms with Gasteiger partial charge in [-0.3, -0.25) is 14.4 Å². The van der Waals surface area contributed by atoms with Gasteiger partial charge in [0.15, 0.2) is 0 Å². The third kappa shape index (κ3) is 5.36. The Kier molecular flexibility index (Phi) is 7.79. The van der Waals surface area contributed by atoms with Gasteiger partial charge in [0.2, 0.25) is 11.8 Å². The topological polar surface area (TPSA) is 79.0 Å². The van der Waals surface area contributed by atoms with Crippen molar-refractivity contribution in [2.75, 3.05) is 39.9 Å². The zero-order valence-electron chi connectivity index (χ0n) is 17.4. The van der Waals surface area contributed by atoms with Crippen LogP contribution in [0, 0.1) is 11.7 Å². The Morgan fingerprint density at radius 1 is 1.07 bits per heavy atom. The van der Waals surface area contributed by atoms with Crippen LogP contribution in [0.4, 0.5) is 4.39 Å². The minimum absolute atomic E-state index is 0.0326. The number of hydrogen-bond acceptors (Lipinski definition) is 4. The number of carbonyl (C=O) groups is 3. The maximum Gasteiger partial charge on any atom is 0.254 e. The molecule has 2 saturated heterocycles. The quantitative estimate of drug-likeness (QED) is 0.763. The molecule has 0 saturated carbocycles. The van der Waals surface area contributed by atoms with E-state index in [1.54, 1.807) is 15.9 Å². The first-order valence-corrected chi connectivity index (χ1v) is 10.6. The van der Waals surface area contributed by atoms with E-state index in [2.05, 4.69) is 5.32 Å². The monoisotopic (exact) mass is 419 g/mol. The van der Waals surface area contributed by atoms with Gasteiger partial charge in [0.05, 0.1) is 5.56 Å². The van der Waals surface area contributed by atoms with Gasteiger partial charge in [-0.05, 0) is 50.2 Å². The Hall–Kier alpha value is -2.48. The van der Waals surface area contributed by atoms with Gasteiger partial charge < -0.3 is 19.9 Å². The van der Waals surface area contributed by atoms with E-state index in [0.29, 0.717) is 39.0 Å². The molecule has 164 valence electrons. The van der Waals surface area contributed by atoms with Crippen LogP contribution in [-0.4, -0.2) is 73.5 Å². The summed E-state index contributed by atoms with van der Waals surface area (Å²) in [6.45, 7) is 2.40. The average molecular weight is 419 g/mol. The van der Waals surface area contributed by atoms with E-state index in [9.17, 15) is 18.8 Å². The number of ether oxygens (including phenoxy) is 1. The second-order valence-corrected chi connectivity index (χ2v) is 7.97. The third-order valence-electron chi connectivity index (χ3n) is 5.97. The van der Waals surface area contributed by atoms with Gasteiger partial charge in [0.25, 0.3) is 5.91 Å². The normalized spacial score (nSPS) is 18.7. The number of carbonyl (C=O) groups excluding carboxylic acids is 3. The predicted molar refractivity (Wildman–Crippen MR) is 109 cm³/mol. The van der Waals surface area contributed by atoms with Crippen LogP contribution in [0.1, 0.15) is 42.5 Å². The van der Waals surface area contributed by atoms with Crippen molar-refractivity contribution in [1.82, 2.24) is 15.1 Å². The molecule has 0 radical (unpaired) electrons. The average Bonchev–Trinajstić information content (AvgIpc) is 2.78. The molecule has 7 nitrogen and oxygen atoms in total. The molecule has 2 heterocycles. The molecule has 3 rings (SSSR count). The zero-order chi connectivity index (χ0) is 21.5. The number of benzene rings is 1. The molecule has 0 bridgehead atoms. The SMILES string of the molecule is COCC(=O)N1CCC(C(NC(=O)c2ccccc2F)C(=O)N2CCCCC2)CC1. The van der Waals surface area contributed by atoms with Crippen LogP contribution < -0.4 is 5.32 Å². The first-order chi connectivity index (χ1) is 14.5. The Balaban J connectivity index is 1.73. The molecule has 2 aliphatic heterocycles. The molecule has 0 spiro atoms. The highest BCUT2D eigenvalue weighted by atomic mass is 19.1. The summed E-state index contributed by atoms with van der Waals surface area (Å²) in [4.78, 5) is 41.6. The number of hydrogen-bond donors (Lipinski definition) is 1. The van der Waals surface area contributed by atoms with Crippen molar-refractivity contribution >= 4 is 17.7 Å². The van der Waals surface area contributed by atoms with Crippen molar-refractivity contribution < 1.29 is 23.5 Å². The summed E-state index contributed by atoms with van der Waals surface area (Å²) >= 11 is 0. The lowest BCUT2D eigenvalue weighted by Gasteiger charge is -2.38. The Morgan fingerprint density at radius 3 is 2.37 bits per heavy atom. The van der Waals surface area contributed by atoms with E-state index in [1.165, 1.54) is 25.3 Å². The number of methoxy groups -OCH3 is 1. The van der Waals surface area contributed by atoms with E-state index >= 15 is 0 Å². The van der Waals surface area contributed by atoms with Gasteiger partial charge in [-0.25, -0.2) is 4.39 Å². The van der Waals surface area contributed by atoms with Crippen molar-refractivity contribution in [2.24, 2.45) is 5.92 Å². The van der Waals surface area contributed by atoms with Gasteiger partial charge in [-0.1, -0.05) is 12.1 Å². The number of amides is 3. The van der Waals surface area contributed by atoms with Crippen LogP contribution in [0.3, 0.4) is 0 Å². The molecule has 2 aliphatic rings. The lowest BCUT2D eigenvalue weighted by Crippen LogP contribution is -2.55.